The molecule has 0 aliphatic heterocycles. The second-order valence-corrected chi connectivity index (χ2v) is 7.04. The summed E-state index contributed by atoms with van der Waals surface area (Å²) in [5, 5.41) is 8.67. The molecule has 0 aromatic heterocycles. The van der Waals surface area contributed by atoms with Gasteiger partial charge in [0.2, 0.25) is 5.39 Å². The Morgan fingerprint density at radius 2 is 1.79 bits per heavy atom. The number of benzene rings is 1. The zero-order valence-electron chi connectivity index (χ0n) is 16.2. The van der Waals surface area contributed by atoms with E-state index in [1.54, 1.807) is 32.0 Å². The van der Waals surface area contributed by atoms with Crippen LogP contribution >= 0.6 is 11.8 Å². The minimum absolute atomic E-state index is 0.0524. The molecule has 0 saturated heterocycles. The molecule has 1 aromatic rings. The quantitative estimate of drug-likeness (QED) is 0.237. The molecular formula is C20H25N2O5S+. The number of carbonyl (C=O) groups excluding carboxylic acids is 3. The lowest BCUT2D eigenvalue weighted by atomic mass is 9.81. The first-order valence-corrected chi connectivity index (χ1v) is 9.97. The average Bonchev–Trinajstić information content (AvgIpc) is 2.68. The van der Waals surface area contributed by atoms with E-state index in [4.69, 9.17) is 14.9 Å². The minimum Gasteiger partial charge on any atom is -0.465 e. The Labute approximate surface area is 169 Å². The fourth-order valence-electron chi connectivity index (χ4n) is 2.64. The van der Waals surface area contributed by atoms with Gasteiger partial charge in [-0.15, -0.1) is 6.58 Å². The van der Waals surface area contributed by atoms with Gasteiger partial charge in [-0.25, -0.2) is 0 Å². The number of hydrogen-bond acceptors (Lipinski definition) is 7. The van der Waals surface area contributed by atoms with Crippen molar-refractivity contribution < 1.29 is 23.9 Å². The highest BCUT2D eigenvalue weighted by atomic mass is 32.2. The van der Waals surface area contributed by atoms with E-state index in [0.717, 1.165) is 17.3 Å². The molecule has 0 aliphatic rings. The average molecular weight is 405 g/mol. The predicted octanol–water partition coefficient (Wildman–Crippen LogP) is 4.05. The second-order valence-electron chi connectivity index (χ2n) is 5.89. The molecule has 0 bridgehead atoms. The molecule has 0 N–H and O–H groups in total. The highest BCUT2D eigenvalue weighted by molar-refractivity contribution is 8.13. The Morgan fingerprint density at radius 1 is 1.18 bits per heavy atom. The van der Waals surface area contributed by atoms with E-state index in [1.807, 2.05) is 6.07 Å². The van der Waals surface area contributed by atoms with Crippen LogP contribution in [-0.4, -0.2) is 36.0 Å². The van der Waals surface area contributed by atoms with Gasteiger partial charge < -0.3 is 9.47 Å². The van der Waals surface area contributed by atoms with Gasteiger partial charge in [-0.3, -0.25) is 14.4 Å². The molecule has 7 nitrogen and oxygen atoms in total. The molecule has 0 unspecified atom stereocenters. The number of rotatable bonds is 11. The molecule has 28 heavy (non-hydrogen) atoms. The molecule has 1 rings (SSSR count). The number of thioether (sulfide) groups is 1. The van der Waals surface area contributed by atoms with Crippen LogP contribution in [0.4, 0.5) is 5.69 Å². The van der Waals surface area contributed by atoms with Gasteiger partial charge in [0, 0.05) is 23.8 Å². The number of carbonyl (C=O) groups is 3. The number of esters is 2. The number of diazo groups is 1. The highest BCUT2D eigenvalue weighted by Gasteiger charge is 2.49. The summed E-state index contributed by atoms with van der Waals surface area (Å²) in [6.07, 6.45) is 1.51. The van der Waals surface area contributed by atoms with Gasteiger partial charge in [0.25, 0.3) is 0 Å². The Kier molecular flexibility index (Phi) is 9.96. The minimum atomic E-state index is -1.73. The van der Waals surface area contributed by atoms with E-state index in [0.29, 0.717) is 17.9 Å². The van der Waals surface area contributed by atoms with E-state index in [-0.39, 0.29) is 31.2 Å². The van der Waals surface area contributed by atoms with Crippen molar-refractivity contribution in [1.29, 1.82) is 5.39 Å². The van der Waals surface area contributed by atoms with Crippen LogP contribution in [-0.2, 0) is 30.3 Å². The number of ether oxygens (including phenoxy) is 2. The van der Waals surface area contributed by atoms with Crippen LogP contribution in [0.5, 0.6) is 0 Å². The molecule has 0 atom stereocenters. The van der Waals surface area contributed by atoms with E-state index in [2.05, 4.69) is 11.6 Å². The highest BCUT2D eigenvalue weighted by Crippen LogP contribution is 2.34. The van der Waals surface area contributed by atoms with Crippen LogP contribution in [0.25, 0.3) is 4.98 Å². The van der Waals surface area contributed by atoms with Gasteiger partial charge in [-0.05, 0) is 26.7 Å². The molecule has 0 aliphatic carbocycles. The first kappa shape index (κ1) is 23.4. The SMILES string of the molecule is C=CCC(CC(=O)SCCc1ccccc1[N+]#N)(C(=O)OCC)C(=O)OCC. The Bertz CT molecular complexity index is 739. The molecule has 150 valence electrons. The summed E-state index contributed by atoms with van der Waals surface area (Å²) in [6, 6.07) is 7.03. The standard InChI is InChI=1S/C20H25N2O5S/c1-4-12-20(18(24)26-5-2,19(25)27-6-3)14-17(23)28-13-11-15-9-7-8-10-16(15)22-21/h4,7-10H,1,5-6,11-14H2,2-3H3/q+1. The summed E-state index contributed by atoms with van der Waals surface area (Å²) in [4.78, 5) is 40.8. The zero-order valence-corrected chi connectivity index (χ0v) is 17.0. The summed E-state index contributed by atoms with van der Waals surface area (Å²) in [7, 11) is 0. The Balaban J connectivity index is 2.87. The van der Waals surface area contributed by atoms with Gasteiger partial charge >= 0.3 is 17.6 Å². The molecule has 0 fully saturated rings. The monoisotopic (exact) mass is 405 g/mol. The summed E-state index contributed by atoms with van der Waals surface area (Å²) in [5.74, 6) is -1.17. The summed E-state index contributed by atoms with van der Waals surface area (Å²) in [6.45, 7) is 7.01. The second kappa shape index (κ2) is 11.9. The van der Waals surface area contributed by atoms with Crippen molar-refractivity contribution in [2.45, 2.75) is 33.1 Å². The first-order chi connectivity index (χ1) is 13.4. The fraction of sp³-hybridized carbons (Fsp3) is 0.450. The Morgan fingerprint density at radius 3 is 2.32 bits per heavy atom. The largest absolute Gasteiger partial charge is 0.465 e. The third-order valence-electron chi connectivity index (χ3n) is 4.01. The van der Waals surface area contributed by atoms with E-state index in [9.17, 15) is 14.4 Å². The number of hydrogen-bond donors (Lipinski definition) is 0. The molecule has 1 aromatic carbocycles. The molecule has 8 heteroatoms. The Hall–Kier alpha value is -2.66. The van der Waals surface area contributed by atoms with E-state index < -0.39 is 17.4 Å². The van der Waals surface area contributed by atoms with E-state index >= 15 is 0 Å². The van der Waals surface area contributed by atoms with Crippen LogP contribution in [0.15, 0.2) is 36.9 Å². The summed E-state index contributed by atoms with van der Waals surface area (Å²) in [5.41, 5.74) is -0.496. The molecule has 0 amide bonds. The third kappa shape index (κ3) is 6.20. The lowest BCUT2D eigenvalue weighted by Crippen LogP contribution is -2.43. The van der Waals surface area contributed by atoms with Crippen molar-refractivity contribution >= 4 is 34.5 Å². The van der Waals surface area contributed by atoms with Crippen LogP contribution in [0, 0.1) is 10.8 Å². The van der Waals surface area contributed by atoms with Crippen molar-refractivity contribution in [2.24, 2.45) is 5.41 Å². The molecule has 0 heterocycles. The van der Waals surface area contributed by atoms with Crippen LogP contribution in [0.1, 0.15) is 32.3 Å². The maximum Gasteiger partial charge on any atom is 0.388 e. The third-order valence-corrected chi connectivity index (χ3v) is 4.88. The summed E-state index contributed by atoms with van der Waals surface area (Å²) < 4.78 is 10.1. The van der Waals surface area contributed by atoms with Gasteiger partial charge in [0.15, 0.2) is 15.5 Å². The van der Waals surface area contributed by atoms with Crippen molar-refractivity contribution in [3.8, 4) is 0 Å². The lowest BCUT2D eigenvalue weighted by molar-refractivity contribution is -0.173. The van der Waals surface area contributed by atoms with Crippen molar-refractivity contribution in [2.75, 3.05) is 19.0 Å². The normalized spacial score (nSPS) is 10.6. The fourth-order valence-corrected chi connectivity index (χ4v) is 3.54. The zero-order chi connectivity index (χ0) is 21.0. The van der Waals surface area contributed by atoms with Crippen molar-refractivity contribution in [3.05, 3.63) is 47.5 Å². The predicted molar refractivity (Wildman–Crippen MR) is 107 cm³/mol. The van der Waals surface area contributed by atoms with Crippen LogP contribution < -0.4 is 0 Å². The smallest absolute Gasteiger partial charge is 0.388 e. The van der Waals surface area contributed by atoms with Gasteiger partial charge in [0.05, 0.1) is 13.2 Å². The van der Waals surface area contributed by atoms with Crippen LogP contribution in [0.2, 0.25) is 0 Å². The molecule has 0 radical (unpaired) electrons. The van der Waals surface area contributed by atoms with Crippen molar-refractivity contribution in [3.63, 3.8) is 0 Å². The topological polar surface area (TPSA) is 97.8 Å². The lowest BCUT2D eigenvalue weighted by Gasteiger charge is -2.27. The van der Waals surface area contributed by atoms with Gasteiger partial charge in [0.1, 0.15) is 0 Å². The maximum atomic E-state index is 12.5. The van der Waals surface area contributed by atoms with Gasteiger partial charge in [-0.1, -0.05) is 36.0 Å². The number of nitrogens with zero attached hydrogens (tertiary/aromatic N) is 2. The molecular weight excluding hydrogens is 380 g/mol. The summed E-state index contributed by atoms with van der Waals surface area (Å²) >= 11 is 1.00. The van der Waals surface area contributed by atoms with E-state index in [1.165, 1.54) is 6.08 Å². The number of allylic oxidation sites excluding steroid dienone is 1. The molecule has 0 saturated carbocycles. The van der Waals surface area contributed by atoms with Crippen molar-refractivity contribution in [1.82, 2.24) is 0 Å². The molecule has 0 spiro atoms. The maximum absolute atomic E-state index is 12.5. The van der Waals surface area contributed by atoms with Gasteiger partial charge in [-0.2, -0.15) is 0 Å². The van der Waals surface area contributed by atoms with Crippen LogP contribution in [0.3, 0.4) is 0 Å². The first-order valence-electron chi connectivity index (χ1n) is 8.99. The number of aryl methyl sites for hydroxylation is 1.